The van der Waals surface area contributed by atoms with E-state index >= 15 is 0 Å². The number of amides is 1. The third-order valence-electron chi connectivity index (χ3n) is 5.17. The maximum atomic E-state index is 12.2. The van der Waals surface area contributed by atoms with Crippen LogP contribution in [0.25, 0.3) is 22.2 Å². The summed E-state index contributed by atoms with van der Waals surface area (Å²) in [6.45, 7) is 0.983. The van der Waals surface area contributed by atoms with Crippen LogP contribution >= 0.6 is 15.9 Å². The van der Waals surface area contributed by atoms with Crippen LogP contribution in [0.2, 0.25) is 0 Å². The van der Waals surface area contributed by atoms with Gasteiger partial charge in [-0.15, -0.1) is 0 Å². The van der Waals surface area contributed by atoms with Crippen LogP contribution in [0.4, 0.5) is 0 Å². The van der Waals surface area contributed by atoms with Crippen molar-refractivity contribution in [2.75, 3.05) is 6.54 Å². The Hall–Kier alpha value is -3.19. The van der Waals surface area contributed by atoms with Crippen LogP contribution in [0.3, 0.4) is 0 Å². The number of aromatic amines is 1. The van der Waals surface area contributed by atoms with Crippen molar-refractivity contribution in [2.24, 2.45) is 0 Å². The van der Waals surface area contributed by atoms with E-state index in [0.29, 0.717) is 25.9 Å². The molecule has 158 valence electrons. The van der Waals surface area contributed by atoms with Gasteiger partial charge in [0.25, 0.3) is 5.56 Å². The van der Waals surface area contributed by atoms with Gasteiger partial charge in [-0.25, -0.2) is 4.68 Å². The summed E-state index contributed by atoms with van der Waals surface area (Å²) >= 11 is 3.42. The summed E-state index contributed by atoms with van der Waals surface area (Å²) in [4.78, 5) is 27.6. The summed E-state index contributed by atoms with van der Waals surface area (Å²) in [5.41, 5.74) is 3.80. The van der Waals surface area contributed by atoms with E-state index in [2.05, 4.69) is 37.4 Å². The Kier molecular flexibility index (Phi) is 6.62. The summed E-state index contributed by atoms with van der Waals surface area (Å²) in [5, 5.41) is 8.60. The van der Waals surface area contributed by atoms with Crippen molar-refractivity contribution in [2.45, 2.75) is 25.8 Å². The molecule has 0 radical (unpaired) electrons. The normalized spacial score (nSPS) is 11.0. The number of carbonyl (C=O) groups excluding carboxylic acids is 1. The van der Waals surface area contributed by atoms with Gasteiger partial charge < -0.3 is 10.3 Å². The first-order chi connectivity index (χ1) is 15.1. The number of aromatic nitrogens is 3. The van der Waals surface area contributed by atoms with Crippen molar-refractivity contribution in [1.29, 1.82) is 0 Å². The highest BCUT2D eigenvalue weighted by Crippen LogP contribution is 2.19. The lowest BCUT2D eigenvalue weighted by Gasteiger charge is -2.08. The molecule has 0 aliphatic heterocycles. The lowest BCUT2D eigenvalue weighted by molar-refractivity contribution is -0.121. The van der Waals surface area contributed by atoms with Crippen LogP contribution in [0.1, 0.15) is 18.4 Å². The van der Waals surface area contributed by atoms with Crippen LogP contribution in [-0.2, 0) is 17.8 Å². The molecule has 4 aromatic rings. The van der Waals surface area contributed by atoms with E-state index in [1.165, 1.54) is 21.7 Å². The lowest BCUT2D eigenvalue weighted by atomic mass is 10.1. The molecule has 31 heavy (non-hydrogen) atoms. The Labute approximate surface area is 188 Å². The average Bonchev–Trinajstić information content (AvgIpc) is 3.19. The third kappa shape index (κ3) is 5.30. The van der Waals surface area contributed by atoms with Gasteiger partial charge in [0.15, 0.2) is 0 Å². The number of para-hydroxylation sites is 1. The van der Waals surface area contributed by atoms with E-state index in [9.17, 15) is 9.59 Å². The monoisotopic (exact) mass is 478 g/mol. The molecule has 0 unspecified atom stereocenters. The number of rotatable bonds is 8. The molecular weight excluding hydrogens is 456 g/mol. The molecule has 0 fully saturated rings. The number of nitrogens with zero attached hydrogens (tertiary/aromatic N) is 2. The fourth-order valence-corrected chi connectivity index (χ4v) is 3.80. The van der Waals surface area contributed by atoms with Crippen molar-refractivity contribution < 1.29 is 4.79 Å². The van der Waals surface area contributed by atoms with Gasteiger partial charge in [-0.2, -0.15) is 5.10 Å². The summed E-state index contributed by atoms with van der Waals surface area (Å²) in [5.74, 6) is -0.0167. The predicted octanol–water partition coefficient (Wildman–Crippen LogP) is 4.29. The zero-order valence-electron chi connectivity index (χ0n) is 17.0. The minimum Gasteiger partial charge on any atom is -0.361 e. The molecule has 0 aliphatic rings. The van der Waals surface area contributed by atoms with E-state index in [-0.39, 0.29) is 11.5 Å². The molecule has 0 saturated heterocycles. The highest BCUT2D eigenvalue weighted by atomic mass is 79.9. The van der Waals surface area contributed by atoms with Crippen LogP contribution in [0.5, 0.6) is 0 Å². The number of hydrogen-bond acceptors (Lipinski definition) is 3. The first-order valence-corrected chi connectivity index (χ1v) is 11.1. The van der Waals surface area contributed by atoms with Crippen molar-refractivity contribution in [3.05, 3.63) is 87.3 Å². The molecule has 4 rings (SSSR count). The largest absolute Gasteiger partial charge is 0.361 e. The quantitative estimate of drug-likeness (QED) is 0.396. The Morgan fingerprint density at radius 1 is 1.06 bits per heavy atom. The van der Waals surface area contributed by atoms with Crippen molar-refractivity contribution >= 4 is 32.7 Å². The second-order valence-electron chi connectivity index (χ2n) is 7.35. The maximum absolute atomic E-state index is 12.2. The third-order valence-corrected chi connectivity index (χ3v) is 5.70. The standard InChI is InChI=1S/C24H23BrN4O2/c25-19-9-7-17(8-10-19)21-11-12-24(31)29(28-21)15-3-6-23(30)26-14-13-18-16-27-22-5-2-1-4-20(18)22/h1-2,4-5,7-12,16,27H,3,6,13-15H2,(H,26,30). The van der Waals surface area contributed by atoms with E-state index in [0.717, 1.165) is 27.7 Å². The molecule has 2 heterocycles. The Morgan fingerprint density at radius 3 is 2.71 bits per heavy atom. The second-order valence-corrected chi connectivity index (χ2v) is 8.27. The van der Waals surface area contributed by atoms with Gasteiger partial charge in [-0.1, -0.05) is 46.3 Å². The number of aryl methyl sites for hydroxylation is 1. The topological polar surface area (TPSA) is 79.8 Å². The van der Waals surface area contributed by atoms with Crippen LogP contribution < -0.4 is 10.9 Å². The zero-order chi connectivity index (χ0) is 21.6. The number of hydrogen-bond donors (Lipinski definition) is 2. The minimum absolute atomic E-state index is 0.0167. The summed E-state index contributed by atoms with van der Waals surface area (Å²) in [7, 11) is 0. The summed E-state index contributed by atoms with van der Waals surface area (Å²) < 4.78 is 2.41. The van der Waals surface area contributed by atoms with E-state index in [4.69, 9.17) is 0 Å². The van der Waals surface area contributed by atoms with Crippen molar-refractivity contribution in [3.63, 3.8) is 0 Å². The van der Waals surface area contributed by atoms with Gasteiger partial charge in [0.05, 0.1) is 5.69 Å². The van der Waals surface area contributed by atoms with Gasteiger partial charge in [-0.3, -0.25) is 9.59 Å². The first kappa shape index (κ1) is 21.1. The molecule has 2 aromatic carbocycles. The molecule has 2 aromatic heterocycles. The summed E-state index contributed by atoms with van der Waals surface area (Å²) in [6.07, 6.45) is 3.67. The van der Waals surface area contributed by atoms with Gasteiger partial charge in [0, 0.05) is 52.7 Å². The Bertz CT molecular complexity index is 1240. The Morgan fingerprint density at radius 2 is 1.87 bits per heavy atom. The van der Waals surface area contributed by atoms with Gasteiger partial charge in [0.1, 0.15) is 0 Å². The number of benzene rings is 2. The van der Waals surface area contributed by atoms with Crippen molar-refractivity contribution in [3.8, 4) is 11.3 Å². The molecule has 6 nitrogen and oxygen atoms in total. The highest BCUT2D eigenvalue weighted by Gasteiger charge is 2.07. The summed E-state index contributed by atoms with van der Waals surface area (Å²) in [6, 6.07) is 19.1. The molecule has 0 saturated carbocycles. The molecule has 1 amide bonds. The number of H-pyrrole nitrogens is 1. The molecular formula is C24H23BrN4O2. The SMILES string of the molecule is O=C(CCCn1nc(-c2ccc(Br)cc2)ccc1=O)NCCc1c[nH]c2ccccc12. The first-order valence-electron chi connectivity index (χ1n) is 10.3. The predicted molar refractivity (Wildman–Crippen MR) is 126 cm³/mol. The average molecular weight is 479 g/mol. The Balaban J connectivity index is 1.27. The van der Waals surface area contributed by atoms with Crippen LogP contribution in [0, 0.1) is 0 Å². The second kappa shape index (κ2) is 9.75. The van der Waals surface area contributed by atoms with Gasteiger partial charge in [-0.05, 0) is 42.7 Å². The smallest absolute Gasteiger partial charge is 0.266 e. The zero-order valence-corrected chi connectivity index (χ0v) is 18.6. The number of fused-ring (bicyclic) bond motifs is 1. The van der Waals surface area contributed by atoms with E-state index < -0.39 is 0 Å². The molecule has 7 heteroatoms. The number of halogens is 1. The van der Waals surface area contributed by atoms with Crippen LogP contribution in [-0.4, -0.2) is 27.2 Å². The van der Waals surface area contributed by atoms with E-state index in [1.807, 2.05) is 48.7 Å². The van der Waals surface area contributed by atoms with Gasteiger partial charge >= 0.3 is 0 Å². The fourth-order valence-electron chi connectivity index (χ4n) is 3.54. The maximum Gasteiger partial charge on any atom is 0.266 e. The molecule has 0 bridgehead atoms. The fraction of sp³-hybridized carbons (Fsp3) is 0.208. The molecule has 0 atom stereocenters. The van der Waals surface area contributed by atoms with Crippen LogP contribution in [0.15, 0.2) is 76.1 Å². The lowest BCUT2D eigenvalue weighted by Crippen LogP contribution is -2.27. The number of nitrogens with one attached hydrogen (secondary N) is 2. The minimum atomic E-state index is -0.166. The number of carbonyl (C=O) groups is 1. The molecule has 0 spiro atoms. The highest BCUT2D eigenvalue weighted by molar-refractivity contribution is 9.10. The van der Waals surface area contributed by atoms with E-state index in [1.54, 1.807) is 6.07 Å². The van der Waals surface area contributed by atoms with Gasteiger partial charge in [0.2, 0.25) is 5.91 Å². The molecule has 2 N–H and O–H groups in total. The molecule has 0 aliphatic carbocycles. The van der Waals surface area contributed by atoms with Crippen molar-refractivity contribution in [1.82, 2.24) is 20.1 Å².